The summed E-state index contributed by atoms with van der Waals surface area (Å²) in [7, 11) is 0. The first-order chi connectivity index (χ1) is 8.78. The van der Waals surface area contributed by atoms with Crippen LogP contribution in [0, 0.1) is 29.6 Å². The van der Waals surface area contributed by atoms with E-state index < -0.39 is 0 Å². The van der Waals surface area contributed by atoms with E-state index in [0.717, 1.165) is 36.6 Å². The van der Waals surface area contributed by atoms with Gasteiger partial charge in [0.25, 0.3) is 0 Å². The van der Waals surface area contributed by atoms with E-state index in [0.29, 0.717) is 11.8 Å². The Labute approximate surface area is 111 Å². The zero-order valence-corrected chi connectivity index (χ0v) is 11.7. The highest BCUT2D eigenvalue weighted by Crippen LogP contribution is 2.56. The molecule has 0 spiro atoms. The molecule has 1 amide bonds. The molecule has 0 unspecified atom stereocenters. The van der Waals surface area contributed by atoms with Gasteiger partial charge in [-0.05, 0) is 62.2 Å². The zero-order valence-electron chi connectivity index (χ0n) is 11.7. The minimum atomic E-state index is 0.374. The summed E-state index contributed by atoms with van der Waals surface area (Å²) in [4.78, 5) is 12.4. The summed E-state index contributed by atoms with van der Waals surface area (Å²) in [6.45, 7) is 3.11. The molecule has 4 fully saturated rings. The number of hydrogen-bond acceptors (Lipinski definition) is 1. The first kappa shape index (κ1) is 12.5. The van der Waals surface area contributed by atoms with Crippen molar-refractivity contribution in [2.45, 2.75) is 58.3 Å². The number of unbranched alkanes of at least 4 members (excludes halogenated alkanes) is 2. The molecule has 4 bridgehead atoms. The summed E-state index contributed by atoms with van der Waals surface area (Å²) >= 11 is 0. The first-order valence-electron chi connectivity index (χ1n) is 8.05. The Hall–Kier alpha value is -0.530. The molecule has 2 heteroatoms. The van der Waals surface area contributed by atoms with Gasteiger partial charge >= 0.3 is 0 Å². The molecule has 0 aliphatic heterocycles. The predicted octanol–water partition coefficient (Wildman–Crippen LogP) is 3.37. The molecule has 102 valence electrons. The second-order valence-corrected chi connectivity index (χ2v) is 6.95. The number of hydrogen-bond donors (Lipinski definition) is 1. The number of amides is 1. The van der Waals surface area contributed by atoms with Gasteiger partial charge in [-0.1, -0.05) is 19.8 Å². The van der Waals surface area contributed by atoms with Gasteiger partial charge in [-0.15, -0.1) is 0 Å². The van der Waals surface area contributed by atoms with Crippen LogP contribution in [0.15, 0.2) is 0 Å². The van der Waals surface area contributed by atoms with Crippen LogP contribution in [-0.4, -0.2) is 12.5 Å². The van der Waals surface area contributed by atoms with Crippen molar-refractivity contribution < 1.29 is 4.79 Å². The van der Waals surface area contributed by atoms with Crippen LogP contribution in [0.2, 0.25) is 0 Å². The fourth-order valence-electron chi connectivity index (χ4n) is 5.06. The Morgan fingerprint density at radius 2 is 1.61 bits per heavy atom. The molecule has 0 atom stereocenters. The topological polar surface area (TPSA) is 29.1 Å². The standard InChI is InChI=1S/C16H27NO/c1-2-3-4-5-17-16(18)15-13-7-11-6-12(9-13)10-14(15)8-11/h11-15H,2-10H2,1H3,(H,17,18). The van der Waals surface area contributed by atoms with Gasteiger partial charge in [0.2, 0.25) is 5.91 Å². The molecule has 0 aromatic rings. The van der Waals surface area contributed by atoms with E-state index in [1.807, 2.05) is 0 Å². The molecule has 0 radical (unpaired) electrons. The maximum Gasteiger partial charge on any atom is 0.223 e. The Kier molecular flexibility index (Phi) is 3.63. The molecule has 4 aliphatic carbocycles. The van der Waals surface area contributed by atoms with Crippen molar-refractivity contribution in [1.82, 2.24) is 5.32 Å². The fourth-order valence-corrected chi connectivity index (χ4v) is 5.06. The minimum Gasteiger partial charge on any atom is -0.356 e. The molecule has 0 saturated heterocycles. The Balaban J connectivity index is 1.54. The van der Waals surface area contributed by atoms with Gasteiger partial charge in [-0.25, -0.2) is 0 Å². The van der Waals surface area contributed by atoms with Gasteiger partial charge in [-0.3, -0.25) is 4.79 Å². The SMILES string of the molecule is CCCCCNC(=O)C1C2CC3CC(C2)CC1C3. The number of nitrogens with one attached hydrogen (secondary N) is 1. The lowest BCUT2D eigenvalue weighted by atomic mass is 9.51. The quantitative estimate of drug-likeness (QED) is 0.744. The smallest absolute Gasteiger partial charge is 0.223 e. The molecule has 4 aliphatic rings. The lowest BCUT2D eigenvalue weighted by Crippen LogP contribution is -2.51. The van der Waals surface area contributed by atoms with Gasteiger partial charge in [0.15, 0.2) is 0 Å². The number of carbonyl (C=O) groups excluding carboxylic acids is 1. The maximum atomic E-state index is 12.4. The lowest BCUT2D eigenvalue weighted by Gasteiger charge is -2.53. The average Bonchev–Trinajstić information content (AvgIpc) is 2.33. The van der Waals surface area contributed by atoms with Crippen LogP contribution in [0.1, 0.15) is 58.3 Å². The Morgan fingerprint density at radius 1 is 1.00 bits per heavy atom. The summed E-state index contributed by atoms with van der Waals surface area (Å²) in [6.07, 6.45) is 10.5. The van der Waals surface area contributed by atoms with E-state index in [4.69, 9.17) is 0 Å². The van der Waals surface area contributed by atoms with E-state index >= 15 is 0 Å². The summed E-state index contributed by atoms with van der Waals surface area (Å²) in [5.41, 5.74) is 0. The third-order valence-electron chi connectivity index (χ3n) is 5.61. The van der Waals surface area contributed by atoms with Gasteiger partial charge < -0.3 is 5.32 Å². The van der Waals surface area contributed by atoms with Crippen LogP contribution in [0.3, 0.4) is 0 Å². The highest BCUT2D eigenvalue weighted by molar-refractivity contribution is 5.79. The van der Waals surface area contributed by atoms with Crippen LogP contribution < -0.4 is 5.32 Å². The van der Waals surface area contributed by atoms with Crippen LogP contribution in [0.5, 0.6) is 0 Å². The fraction of sp³-hybridized carbons (Fsp3) is 0.938. The van der Waals surface area contributed by atoms with Crippen molar-refractivity contribution in [1.29, 1.82) is 0 Å². The minimum absolute atomic E-state index is 0.374. The average molecular weight is 249 g/mol. The molecule has 0 aromatic carbocycles. The summed E-state index contributed by atoms with van der Waals surface area (Å²) in [5, 5.41) is 3.21. The van der Waals surface area contributed by atoms with E-state index in [2.05, 4.69) is 12.2 Å². The third-order valence-corrected chi connectivity index (χ3v) is 5.61. The molecule has 0 heterocycles. The van der Waals surface area contributed by atoms with Gasteiger partial charge in [-0.2, -0.15) is 0 Å². The second kappa shape index (κ2) is 5.22. The molecular weight excluding hydrogens is 222 g/mol. The molecule has 1 N–H and O–H groups in total. The molecule has 4 rings (SSSR count). The van der Waals surface area contributed by atoms with Crippen LogP contribution in [0.25, 0.3) is 0 Å². The Bertz CT molecular complexity index is 284. The highest BCUT2D eigenvalue weighted by atomic mass is 16.1. The van der Waals surface area contributed by atoms with Gasteiger partial charge in [0, 0.05) is 12.5 Å². The third kappa shape index (κ3) is 2.31. The Morgan fingerprint density at radius 3 is 2.17 bits per heavy atom. The van der Waals surface area contributed by atoms with Crippen molar-refractivity contribution in [3.05, 3.63) is 0 Å². The lowest BCUT2D eigenvalue weighted by molar-refractivity contribution is -0.138. The molecule has 4 saturated carbocycles. The van der Waals surface area contributed by atoms with Crippen molar-refractivity contribution in [3.63, 3.8) is 0 Å². The summed E-state index contributed by atoms with van der Waals surface area (Å²) in [6, 6.07) is 0. The second-order valence-electron chi connectivity index (χ2n) is 6.95. The van der Waals surface area contributed by atoms with Crippen molar-refractivity contribution >= 4 is 5.91 Å². The van der Waals surface area contributed by atoms with E-state index in [-0.39, 0.29) is 0 Å². The number of rotatable bonds is 5. The zero-order chi connectivity index (χ0) is 12.5. The highest BCUT2D eigenvalue weighted by Gasteiger charge is 2.50. The molecule has 0 aromatic heterocycles. The largest absolute Gasteiger partial charge is 0.356 e. The van der Waals surface area contributed by atoms with E-state index in [1.165, 1.54) is 44.9 Å². The van der Waals surface area contributed by atoms with Crippen LogP contribution in [0.4, 0.5) is 0 Å². The first-order valence-corrected chi connectivity index (χ1v) is 8.05. The van der Waals surface area contributed by atoms with Crippen LogP contribution in [-0.2, 0) is 4.79 Å². The maximum absolute atomic E-state index is 12.4. The van der Waals surface area contributed by atoms with Crippen molar-refractivity contribution in [2.24, 2.45) is 29.6 Å². The summed E-state index contributed by atoms with van der Waals surface area (Å²) < 4.78 is 0. The van der Waals surface area contributed by atoms with E-state index in [1.54, 1.807) is 0 Å². The summed E-state index contributed by atoms with van der Waals surface area (Å²) in [5.74, 6) is 4.16. The van der Waals surface area contributed by atoms with Crippen molar-refractivity contribution in [2.75, 3.05) is 6.54 Å². The van der Waals surface area contributed by atoms with E-state index in [9.17, 15) is 4.79 Å². The van der Waals surface area contributed by atoms with Gasteiger partial charge in [0.05, 0.1) is 0 Å². The monoisotopic (exact) mass is 249 g/mol. The number of carbonyl (C=O) groups is 1. The van der Waals surface area contributed by atoms with Gasteiger partial charge in [0.1, 0.15) is 0 Å². The van der Waals surface area contributed by atoms with Crippen molar-refractivity contribution in [3.8, 4) is 0 Å². The predicted molar refractivity (Wildman–Crippen MR) is 73.1 cm³/mol. The normalized spacial score (nSPS) is 41.1. The molecule has 2 nitrogen and oxygen atoms in total. The van der Waals surface area contributed by atoms with Crippen LogP contribution >= 0.6 is 0 Å². The molecular formula is C16H27NO. The molecule has 18 heavy (non-hydrogen) atoms.